The first-order chi connectivity index (χ1) is 20.2. The largest absolute Gasteiger partial charge is 0.453 e. The van der Waals surface area contributed by atoms with Gasteiger partial charge < -0.3 is 19.9 Å². The monoisotopic (exact) mass is 599 g/mol. The number of nitrogens with zero attached hydrogens (tertiary/aromatic N) is 2. The molecule has 5 rings (SSSR count). The lowest BCUT2D eigenvalue weighted by molar-refractivity contribution is -0.137. The van der Waals surface area contributed by atoms with E-state index in [9.17, 15) is 23.2 Å². The van der Waals surface area contributed by atoms with Gasteiger partial charge in [0.15, 0.2) is 0 Å². The lowest BCUT2D eigenvalue weighted by Crippen LogP contribution is -2.41. The summed E-state index contributed by atoms with van der Waals surface area (Å²) in [6.07, 6.45) is 3.79. The topological polar surface area (TPSA) is 116 Å². The molecule has 1 aromatic heterocycles. The molecule has 1 unspecified atom stereocenters. The van der Waals surface area contributed by atoms with Crippen molar-refractivity contribution in [2.24, 2.45) is 5.92 Å². The normalized spacial score (nSPS) is 21.1. The van der Waals surface area contributed by atoms with Crippen molar-refractivity contribution in [2.75, 3.05) is 24.3 Å². The number of halogens is 3. The molecule has 3 N–H and O–H groups in total. The molecule has 2 aliphatic rings. The van der Waals surface area contributed by atoms with Crippen LogP contribution in [0.1, 0.15) is 68.8 Å². The molecule has 0 radical (unpaired) electrons. The van der Waals surface area contributed by atoms with Gasteiger partial charge in [-0.2, -0.15) is 0 Å². The summed E-state index contributed by atoms with van der Waals surface area (Å²) in [5.74, 6) is -2.23. The van der Waals surface area contributed by atoms with Gasteiger partial charge in [-0.05, 0) is 56.0 Å². The molecule has 9 nitrogen and oxygen atoms in total. The second-order valence-corrected chi connectivity index (χ2v) is 11.0. The number of methoxy groups -OCH3 is 1. The van der Waals surface area contributed by atoms with Gasteiger partial charge in [-0.25, -0.2) is 18.6 Å². The van der Waals surface area contributed by atoms with Gasteiger partial charge in [-0.3, -0.25) is 14.9 Å². The Morgan fingerprint density at radius 3 is 2.74 bits per heavy atom. The van der Waals surface area contributed by atoms with Crippen LogP contribution in [0.2, 0.25) is 5.02 Å². The quantitative estimate of drug-likeness (QED) is 0.286. The maximum Gasteiger partial charge on any atom is 0.411 e. The molecule has 222 valence electrons. The van der Waals surface area contributed by atoms with Crippen molar-refractivity contribution in [3.8, 4) is 11.3 Å². The zero-order chi connectivity index (χ0) is 30.0. The van der Waals surface area contributed by atoms with E-state index >= 15 is 0 Å². The predicted molar refractivity (Wildman–Crippen MR) is 154 cm³/mol. The molecule has 0 aliphatic carbocycles. The first kappa shape index (κ1) is 29.5. The van der Waals surface area contributed by atoms with E-state index in [1.807, 2.05) is 6.92 Å². The number of ether oxygens (including phenoxy) is 1. The first-order valence-corrected chi connectivity index (χ1v) is 14.4. The van der Waals surface area contributed by atoms with E-state index < -0.39 is 29.7 Å². The van der Waals surface area contributed by atoms with E-state index in [4.69, 9.17) is 16.6 Å². The maximum atomic E-state index is 14.7. The van der Waals surface area contributed by atoms with E-state index in [2.05, 4.69) is 20.4 Å². The fourth-order valence-corrected chi connectivity index (χ4v) is 6.02. The van der Waals surface area contributed by atoms with Crippen molar-refractivity contribution in [1.82, 2.24) is 14.9 Å². The zero-order valence-corrected chi connectivity index (χ0v) is 24.1. The molecule has 3 amide bonds. The summed E-state index contributed by atoms with van der Waals surface area (Å²) >= 11 is 5.91. The Bertz CT molecular complexity index is 1510. The van der Waals surface area contributed by atoms with Crippen LogP contribution in [0.5, 0.6) is 0 Å². The second-order valence-electron chi connectivity index (χ2n) is 10.6. The number of fused-ring (bicyclic) bond motifs is 4. The summed E-state index contributed by atoms with van der Waals surface area (Å²) < 4.78 is 34.0. The van der Waals surface area contributed by atoms with Crippen molar-refractivity contribution >= 4 is 40.9 Å². The van der Waals surface area contributed by atoms with Crippen LogP contribution in [0.4, 0.5) is 25.0 Å². The lowest BCUT2D eigenvalue weighted by Gasteiger charge is -2.37. The number of likely N-dealkylation sites (tertiary alicyclic amines) is 1. The fourth-order valence-electron chi connectivity index (χ4n) is 5.86. The van der Waals surface area contributed by atoms with Gasteiger partial charge in [0.2, 0.25) is 11.8 Å². The molecule has 3 heterocycles. The number of hydrogen-bond acceptors (Lipinski definition) is 5. The maximum absolute atomic E-state index is 14.7. The second kappa shape index (κ2) is 12.5. The molecule has 1 fully saturated rings. The van der Waals surface area contributed by atoms with Gasteiger partial charge in [0.05, 0.1) is 29.6 Å². The summed E-state index contributed by atoms with van der Waals surface area (Å²) in [6.45, 7) is 2.23. The number of amides is 3. The van der Waals surface area contributed by atoms with Gasteiger partial charge >= 0.3 is 6.09 Å². The lowest BCUT2D eigenvalue weighted by atomic mass is 9.87. The SMILES string of the molecule is CC[C@@H]1CCC[C@H](N2CCC(c3c(F)ccc(Cl)c3F)CC2=O)c2nc(c[nH]2)-c2ccc(NC(=O)OC)cc2NC1=O. The van der Waals surface area contributed by atoms with Crippen molar-refractivity contribution in [3.05, 3.63) is 64.6 Å². The Morgan fingerprint density at radius 1 is 1.19 bits per heavy atom. The third-order valence-electron chi connectivity index (χ3n) is 8.12. The summed E-state index contributed by atoms with van der Waals surface area (Å²) in [6, 6.07) is 6.96. The van der Waals surface area contributed by atoms with E-state index in [0.29, 0.717) is 60.6 Å². The summed E-state index contributed by atoms with van der Waals surface area (Å²) in [5, 5.41) is 5.44. The highest BCUT2D eigenvalue weighted by atomic mass is 35.5. The molecule has 2 aromatic carbocycles. The molecular weight excluding hydrogens is 568 g/mol. The number of nitrogens with one attached hydrogen (secondary N) is 3. The minimum atomic E-state index is -0.822. The Balaban J connectivity index is 1.46. The van der Waals surface area contributed by atoms with Gasteiger partial charge in [-0.1, -0.05) is 24.9 Å². The molecule has 2 aliphatic heterocycles. The molecule has 1 saturated heterocycles. The fraction of sp³-hybridized carbons (Fsp3) is 0.400. The minimum Gasteiger partial charge on any atom is -0.453 e. The van der Waals surface area contributed by atoms with E-state index in [1.54, 1.807) is 29.3 Å². The minimum absolute atomic E-state index is 0.0585. The van der Waals surface area contributed by atoms with Crippen molar-refractivity contribution < 1.29 is 27.9 Å². The number of carbonyl (C=O) groups excluding carboxylic acids is 3. The third kappa shape index (κ3) is 5.97. The van der Waals surface area contributed by atoms with E-state index in [-0.39, 0.29) is 41.3 Å². The van der Waals surface area contributed by atoms with Gasteiger partial charge in [-0.15, -0.1) is 0 Å². The highest BCUT2D eigenvalue weighted by molar-refractivity contribution is 6.30. The van der Waals surface area contributed by atoms with Crippen molar-refractivity contribution in [1.29, 1.82) is 0 Å². The Morgan fingerprint density at radius 2 is 2.00 bits per heavy atom. The van der Waals surface area contributed by atoms with E-state index in [1.165, 1.54) is 13.2 Å². The van der Waals surface area contributed by atoms with Crippen molar-refractivity contribution in [2.45, 2.75) is 57.4 Å². The molecule has 0 saturated carbocycles. The van der Waals surface area contributed by atoms with Gasteiger partial charge in [0, 0.05) is 47.8 Å². The Kier molecular flexibility index (Phi) is 8.77. The van der Waals surface area contributed by atoms with Crippen LogP contribution in [0.3, 0.4) is 0 Å². The molecule has 3 aromatic rings. The number of anilines is 2. The summed E-state index contributed by atoms with van der Waals surface area (Å²) in [5.41, 5.74) is 1.95. The number of imidazole rings is 1. The van der Waals surface area contributed by atoms with Crippen LogP contribution in [0, 0.1) is 17.6 Å². The number of aromatic nitrogens is 2. The molecular formula is C30H32ClF2N5O4. The zero-order valence-electron chi connectivity index (χ0n) is 23.3. The Hall–Kier alpha value is -3.99. The van der Waals surface area contributed by atoms with E-state index in [0.717, 1.165) is 6.07 Å². The van der Waals surface area contributed by atoms with Crippen LogP contribution in [0.25, 0.3) is 11.3 Å². The number of H-pyrrole nitrogens is 1. The van der Waals surface area contributed by atoms with Gasteiger partial charge in [0.25, 0.3) is 0 Å². The molecule has 12 heteroatoms. The standard InChI is InChI=1S/C30H32ClF2N5O4/c1-3-16-5-4-6-24(38-12-11-17(13-25(38)39)26-21(32)10-9-20(31)27(26)33)28-34-15-23(36-28)19-8-7-18(35-30(41)42-2)14-22(19)37-29(16)40/h7-10,14-17,24H,3-6,11-13H2,1-2H3,(H,34,36)(H,35,41)(H,37,40)/t16-,17?,24+/m1/s1. The number of aromatic amines is 1. The Labute approximate surface area is 247 Å². The smallest absolute Gasteiger partial charge is 0.411 e. The molecule has 3 atom stereocenters. The summed E-state index contributed by atoms with van der Waals surface area (Å²) in [4.78, 5) is 48.3. The highest BCUT2D eigenvalue weighted by Gasteiger charge is 2.36. The molecule has 2 bridgehead atoms. The van der Waals surface area contributed by atoms with Crippen LogP contribution in [0.15, 0.2) is 36.5 Å². The van der Waals surface area contributed by atoms with Gasteiger partial charge in [0.1, 0.15) is 17.5 Å². The summed E-state index contributed by atoms with van der Waals surface area (Å²) in [7, 11) is 1.26. The average Bonchev–Trinajstić information content (AvgIpc) is 3.45. The van der Waals surface area contributed by atoms with Crippen LogP contribution >= 0.6 is 11.6 Å². The van der Waals surface area contributed by atoms with Crippen LogP contribution in [-0.4, -0.2) is 46.4 Å². The third-order valence-corrected chi connectivity index (χ3v) is 8.41. The number of piperidine rings is 1. The highest BCUT2D eigenvalue weighted by Crippen LogP contribution is 2.39. The number of hydrogen-bond donors (Lipinski definition) is 3. The van der Waals surface area contributed by atoms with Crippen LogP contribution < -0.4 is 10.6 Å². The number of carbonyl (C=O) groups is 3. The molecule has 0 spiro atoms. The van der Waals surface area contributed by atoms with Crippen molar-refractivity contribution in [3.63, 3.8) is 0 Å². The predicted octanol–water partition coefficient (Wildman–Crippen LogP) is 6.78. The number of rotatable bonds is 4. The molecule has 42 heavy (non-hydrogen) atoms. The number of benzene rings is 2. The first-order valence-electron chi connectivity index (χ1n) is 14.0. The van der Waals surface area contributed by atoms with Crippen LogP contribution in [-0.2, 0) is 14.3 Å². The average molecular weight is 600 g/mol.